The van der Waals surface area contributed by atoms with Gasteiger partial charge in [-0.05, 0) is 30.2 Å². The van der Waals surface area contributed by atoms with Crippen LogP contribution in [0.25, 0.3) is 17.3 Å². The van der Waals surface area contributed by atoms with Crippen LogP contribution in [0.15, 0.2) is 36.4 Å². The highest BCUT2D eigenvalue weighted by atomic mass is 19.1. The van der Waals surface area contributed by atoms with Crippen molar-refractivity contribution in [2.75, 3.05) is 12.4 Å². The summed E-state index contributed by atoms with van der Waals surface area (Å²) >= 11 is 0. The molecule has 5 N–H and O–H groups in total. The van der Waals surface area contributed by atoms with Crippen molar-refractivity contribution in [1.29, 1.82) is 0 Å². The minimum atomic E-state index is -1.21. The molecule has 0 radical (unpaired) electrons. The second-order valence-electron chi connectivity index (χ2n) is 9.01. The zero-order chi connectivity index (χ0) is 28.0. The molecule has 0 bridgehead atoms. The minimum absolute atomic E-state index is 0.0971. The molecule has 1 amide bonds. The Hall–Kier alpha value is -4.16. The molecule has 12 heteroatoms. The van der Waals surface area contributed by atoms with Crippen LogP contribution in [0, 0.1) is 5.82 Å². The summed E-state index contributed by atoms with van der Waals surface area (Å²) in [6.07, 6.45) is 0.0640. The van der Waals surface area contributed by atoms with Gasteiger partial charge in [-0.25, -0.2) is 14.4 Å². The third kappa shape index (κ3) is 7.20. The first-order valence-electron chi connectivity index (χ1n) is 12.0. The Balaban J connectivity index is 2.06. The summed E-state index contributed by atoms with van der Waals surface area (Å²) in [6.45, 7) is 3.86. The van der Waals surface area contributed by atoms with Crippen LogP contribution in [-0.2, 0) is 11.8 Å². The molecule has 0 aliphatic heterocycles. The number of carbonyl (C=O) groups excluding carboxylic acids is 1. The SMILES string of the molecule is CNC(=O)c1cc(Nc2nc(-c3ccc(F)cc3)c(/C=C/[C@@H](O)C[C@@H](O)CC(=O)O)c(C(C)C)n2)n(C)n1. The lowest BCUT2D eigenvalue weighted by molar-refractivity contribution is -0.139. The topological polar surface area (TPSA) is 162 Å². The summed E-state index contributed by atoms with van der Waals surface area (Å²) in [4.78, 5) is 32.1. The Morgan fingerprint density at radius 2 is 1.84 bits per heavy atom. The van der Waals surface area contributed by atoms with E-state index in [0.29, 0.717) is 28.3 Å². The molecule has 3 aromatic rings. The van der Waals surface area contributed by atoms with E-state index in [4.69, 9.17) is 5.11 Å². The minimum Gasteiger partial charge on any atom is -0.481 e. The molecule has 0 aliphatic rings. The number of carboxylic acid groups (broad SMARTS) is 1. The van der Waals surface area contributed by atoms with Crippen molar-refractivity contribution in [2.24, 2.45) is 7.05 Å². The molecular formula is C26H31FN6O5. The van der Waals surface area contributed by atoms with Gasteiger partial charge in [0.2, 0.25) is 5.95 Å². The molecule has 0 saturated heterocycles. The van der Waals surface area contributed by atoms with Crippen LogP contribution in [0.4, 0.5) is 16.2 Å². The number of benzene rings is 1. The van der Waals surface area contributed by atoms with Crippen LogP contribution in [0.2, 0.25) is 0 Å². The maximum atomic E-state index is 13.7. The third-order valence-electron chi connectivity index (χ3n) is 5.63. The standard InChI is InChI=1S/C26H31FN6O5/c1-14(2)23-19(10-9-17(34)11-18(35)12-22(36)37)24(15-5-7-16(27)8-6-15)31-26(30-23)29-21-13-20(25(38)28-3)32-33(21)4/h5-10,13-14,17-18,34-35H,11-12H2,1-4H3,(H,28,38)(H,36,37)(H,29,30,31)/b10-9+/t17-,18-/m1/s1. The van der Waals surface area contributed by atoms with Crippen LogP contribution in [-0.4, -0.2) is 66.2 Å². The Labute approximate surface area is 219 Å². The Kier molecular flexibility index (Phi) is 9.26. The quantitative estimate of drug-likeness (QED) is 0.253. The van der Waals surface area contributed by atoms with E-state index in [1.165, 1.54) is 29.9 Å². The van der Waals surface area contributed by atoms with Crippen LogP contribution in [0.3, 0.4) is 0 Å². The maximum Gasteiger partial charge on any atom is 0.305 e. The molecule has 2 heterocycles. The Bertz CT molecular complexity index is 1320. The van der Waals surface area contributed by atoms with Crippen molar-refractivity contribution in [3.8, 4) is 11.3 Å². The number of nitrogens with one attached hydrogen (secondary N) is 2. The van der Waals surface area contributed by atoms with Crippen molar-refractivity contribution in [2.45, 2.75) is 44.8 Å². The number of nitrogens with zero attached hydrogens (tertiary/aromatic N) is 4. The predicted octanol–water partition coefficient (Wildman–Crippen LogP) is 2.84. The van der Waals surface area contributed by atoms with Gasteiger partial charge in [0.25, 0.3) is 5.91 Å². The number of hydrogen-bond donors (Lipinski definition) is 5. The normalized spacial score (nSPS) is 13.1. The van der Waals surface area contributed by atoms with Gasteiger partial charge in [-0.2, -0.15) is 5.10 Å². The van der Waals surface area contributed by atoms with Gasteiger partial charge in [0, 0.05) is 37.7 Å². The van der Waals surface area contributed by atoms with Crippen molar-refractivity contribution < 1.29 is 29.3 Å². The number of halogens is 1. The lowest BCUT2D eigenvalue weighted by Crippen LogP contribution is -2.19. The van der Waals surface area contributed by atoms with Gasteiger partial charge in [-0.3, -0.25) is 14.3 Å². The van der Waals surface area contributed by atoms with Gasteiger partial charge in [0.05, 0.1) is 30.0 Å². The van der Waals surface area contributed by atoms with Gasteiger partial charge >= 0.3 is 5.97 Å². The van der Waals surface area contributed by atoms with E-state index in [9.17, 15) is 24.2 Å². The number of carbonyl (C=O) groups is 2. The summed E-state index contributed by atoms with van der Waals surface area (Å²) in [5.74, 6) is -1.34. The van der Waals surface area contributed by atoms with E-state index in [1.54, 1.807) is 31.3 Å². The predicted molar refractivity (Wildman–Crippen MR) is 139 cm³/mol. The van der Waals surface area contributed by atoms with E-state index in [0.717, 1.165) is 0 Å². The number of aromatic nitrogens is 4. The fourth-order valence-corrected chi connectivity index (χ4v) is 3.76. The van der Waals surface area contributed by atoms with Crippen LogP contribution in [0.1, 0.15) is 54.4 Å². The number of aryl methyl sites for hydroxylation is 1. The monoisotopic (exact) mass is 526 g/mol. The number of aliphatic carboxylic acids is 1. The second-order valence-corrected chi connectivity index (χ2v) is 9.01. The van der Waals surface area contributed by atoms with E-state index in [1.807, 2.05) is 13.8 Å². The first-order chi connectivity index (χ1) is 18.0. The zero-order valence-corrected chi connectivity index (χ0v) is 21.5. The molecule has 0 spiro atoms. The number of hydrogen-bond acceptors (Lipinski definition) is 8. The van der Waals surface area contributed by atoms with Crippen LogP contribution < -0.4 is 10.6 Å². The van der Waals surface area contributed by atoms with Gasteiger partial charge in [0.1, 0.15) is 11.6 Å². The third-order valence-corrected chi connectivity index (χ3v) is 5.63. The van der Waals surface area contributed by atoms with Gasteiger partial charge in [0.15, 0.2) is 5.69 Å². The summed E-state index contributed by atoms with van der Waals surface area (Å²) < 4.78 is 15.2. The number of carboxylic acids is 1. The number of anilines is 2. The Morgan fingerprint density at radius 1 is 1.16 bits per heavy atom. The molecule has 2 atom stereocenters. The number of aliphatic hydroxyl groups excluding tert-OH is 2. The van der Waals surface area contributed by atoms with Crippen molar-refractivity contribution in [3.05, 3.63) is 59.2 Å². The molecular weight excluding hydrogens is 495 g/mol. The molecule has 11 nitrogen and oxygen atoms in total. The summed E-state index contributed by atoms with van der Waals surface area (Å²) in [5.41, 5.74) is 2.44. The largest absolute Gasteiger partial charge is 0.481 e. The van der Waals surface area contributed by atoms with Gasteiger partial charge in [-0.15, -0.1) is 0 Å². The summed E-state index contributed by atoms with van der Waals surface area (Å²) in [6, 6.07) is 7.32. The molecule has 2 aromatic heterocycles. The molecule has 38 heavy (non-hydrogen) atoms. The first kappa shape index (κ1) is 28.4. The van der Waals surface area contributed by atoms with Crippen LogP contribution >= 0.6 is 0 Å². The maximum absolute atomic E-state index is 13.7. The zero-order valence-electron chi connectivity index (χ0n) is 21.5. The van der Waals surface area contributed by atoms with E-state index in [2.05, 4.69) is 25.7 Å². The summed E-state index contributed by atoms with van der Waals surface area (Å²) in [7, 11) is 3.17. The molecule has 202 valence electrons. The van der Waals surface area contributed by atoms with Gasteiger partial charge in [-0.1, -0.05) is 26.0 Å². The molecule has 1 aromatic carbocycles. The number of aliphatic hydroxyl groups is 2. The fraction of sp³-hybridized carbons (Fsp3) is 0.346. The molecule has 0 unspecified atom stereocenters. The van der Waals surface area contributed by atoms with Crippen molar-refractivity contribution >= 4 is 29.7 Å². The number of amides is 1. The Morgan fingerprint density at radius 3 is 2.45 bits per heavy atom. The lowest BCUT2D eigenvalue weighted by atomic mass is 9.97. The van der Waals surface area contributed by atoms with Crippen LogP contribution in [0.5, 0.6) is 0 Å². The molecule has 0 aliphatic carbocycles. The molecule has 3 rings (SSSR count). The highest BCUT2D eigenvalue weighted by molar-refractivity contribution is 5.93. The lowest BCUT2D eigenvalue weighted by Gasteiger charge is -2.17. The fourth-order valence-electron chi connectivity index (χ4n) is 3.76. The molecule has 0 fully saturated rings. The average molecular weight is 527 g/mol. The summed E-state index contributed by atoms with van der Waals surface area (Å²) in [5, 5.41) is 38.9. The highest BCUT2D eigenvalue weighted by Gasteiger charge is 2.20. The smallest absolute Gasteiger partial charge is 0.305 e. The average Bonchev–Trinajstić information content (AvgIpc) is 3.22. The van der Waals surface area contributed by atoms with Crippen molar-refractivity contribution in [1.82, 2.24) is 25.1 Å². The highest BCUT2D eigenvalue weighted by Crippen LogP contribution is 2.31. The van der Waals surface area contributed by atoms with E-state index >= 15 is 0 Å². The first-order valence-corrected chi connectivity index (χ1v) is 12.0. The van der Waals surface area contributed by atoms with Gasteiger partial charge < -0.3 is 26.0 Å². The second kappa shape index (κ2) is 12.4. The number of rotatable bonds is 11. The molecule has 0 saturated carbocycles. The van der Waals surface area contributed by atoms with Crippen molar-refractivity contribution in [3.63, 3.8) is 0 Å². The van der Waals surface area contributed by atoms with E-state index in [-0.39, 0.29) is 29.9 Å². The van der Waals surface area contributed by atoms with E-state index < -0.39 is 30.4 Å².